The fourth-order valence-electron chi connectivity index (χ4n) is 3.15. The number of carbonyl (C=O) groups is 1. The summed E-state index contributed by atoms with van der Waals surface area (Å²) in [6.07, 6.45) is 6.26. The minimum atomic E-state index is -0.136. The summed E-state index contributed by atoms with van der Waals surface area (Å²) in [5, 5.41) is 0. The van der Waals surface area contributed by atoms with Crippen LogP contribution in [0.15, 0.2) is 18.2 Å². The van der Waals surface area contributed by atoms with Gasteiger partial charge in [-0.15, -0.1) is 0 Å². The van der Waals surface area contributed by atoms with E-state index in [9.17, 15) is 4.79 Å². The molecule has 3 nitrogen and oxygen atoms in total. The number of benzene rings is 1. The minimum Gasteiger partial charge on any atom is -0.493 e. The third kappa shape index (κ3) is 2.73. The lowest BCUT2D eigenvalue weighted by Gasteiger charge is -2.40. The van der Waals surface area contributed by atoms with Crippen LogP contribution in [0.2, 0.25) is 0 Å². The van der Waals surface area contributed by atoms with E-state index in [4.69, 9.17) is 9.47 Å². The van der Waals surface area contributed by atoms with Gasteiger partial charge in [0.25, 0.3) is 0 Å². The van der Waals surface area contributed by atoms with Crippen molar-refractivity contribution in [3.8, 4) is 5.75 Å². The van der Waals surface area contributed by atoms with Crippen molar-refractivity contribution in [2.24, 2.45) is 0 Å². The molecule has 1 saturated carbocycles. The van der Waals surface area contributed by atoms with Gasteiger partial charge in [0.2, 0.25) is 0 Å². The Labute approximate surface area is 120 Å². The maximum absolute atomic E-state index is 12.1. The molecule has 0 spiro atoms. The van der Waals surface area contributed by atoms with Crippen molar-refractivity contribution >= 4 is 5.78 Å². The fourth-order valence-corrected chi connectivity index (χ4v) is 3.15. The molecule has 0 unspecified atom stereocenters. The number of hydrogen-bond acceptors (Lipinski definition) is 3. The van der Waals surface area contributed by atoms with Crippen LogP contribution in [0.3, 0.4) is 0 Å². The van der Waals surface area contributed by atoms with Crippen LogP contribution >= 0.6 is 0 Å². The lowest BCUT2D eigenvalue weighted by molar-refractivity contribution is -0.132. The number of ketones is 1. The van der Waals surface area contributed by atoms with Gasteiger partial charge in [0.15, 0.2) is 0 Å². The zero-order valence-corrected chi connectivity index (χ0v) is 12.1. The van der Waals surface area contributed by atoms with E-state index in [-0.39, 0.29) is 5.60 Å². The highest BCUT2D eigenvalue weighted by Gasteiger charge is 2.38. The summed E-state index contributed by atoms with van der Waals surface area (Å²) in [5.41, 5.74) is 2.38. The summed E-state index contributed by atoms with van der Waals surface area (Å²) in [5.74, 6) is 1.33. The van der Waals surface area contributed by atoms with E-state index in [1.54, 1.807) is 7.11 Å². The van der Waals surface area contributed by atoms with E-state index in [0.717, 1.165) is 38.0 Å². The summed E-state index contributed by atoms with van der Waals surface area (Å²) in [6.45, 7) is 0.786. The maximum atomic E-state index is 12.1. The predicted octanol–water partition coefficient (Wildman–Crippen LogP) is 3.08. The molecule has 0 aromatic heterocycles. The van der Waals surface area contributed by atoms with E-state index in [1.807, 2.05) is 6.07 Å². The molecular weight excluding hydrogens is 252 g/mol. The highest BCUT2D eigenvalue weighted by atomic mass is 16.5. The Hall–Kier alpha value is -1.35. The van der Waals surface area contributed by atoms with Crippen LogP contribution in [0.25, 0.3) is 0 Å². The molecule has 1 aliphatic heterocycles. The van der Waals surface area contributed by atoms with Crippen molar-refractivity contribution in [2.75, 3.05) is 13.7 Å². The average Bonchev–Trinajstić information content (AvgIpc) is 2.88. The second-order valence-electron chi connectivity index (χ2n) is 6.00. The van der Waals surface area contributed by atoms with Crippen LogP contribution in [0.4, 0.5) is 0 Å². The lowest BCUT2D eigenvalue weighted by atomic mass is 9.76. The van der Waals surface area contributed by atoms with E-state index >= 15 is 0 Å². The molecule has 108 valence electrons. The monoisotopic (exact) mass is 274 g/mol. The van der Waals surface area contributed by atoms with E-state index in [0.29, 0.717) is 18.6 Å². The third-order valence-electron chi connectivity index (χ3n) is 4.66. The number of methoxy groups -OCH3 is 1. The van der Waals surface area contributed by atoms with Gasteiger partial charge in [0, 0.05) is 26.4 Å². The summed E-state index contributed by atoms with van der Waals surface area (Å²) in [4.78, 5) is 12.1. The molecule has 1 aromatic carbocycles. The molecular formula is C17H22O3. The van der Waals surface area contributed by atoms with Gasteiger partial charge in [-0.3, -0.25) is 4.79 Å². The van der Waals surface area contributed by atoms with Gasteiger partial charge < -0.3 is 9.47 Å². The topological polar surface area (TPSA) is 35.5 Å². The fraction of sp³-hybridized carbons (Fsp3) is 0.588. The highest BCUT2D eigenvalue weighted by molar-refractivity contribution is 5.79. The van der Waals surface area contributed by atoms with Crippen LogP contribution < -0.4 is 4.74 Å². The summed E-state index contributed by atoms with van der Waals surface area (Å²) in [7, 11) is 1.73. The second kappa shape index (κ2) is 5.57. The molecule has 2 aliphatic rings. The normalized spacial score (nSPS) is 19.1. The van der Waals surface area contributed by atoms with E-state index < -0.39 is 0 Å². The van der Waals surface area contributed by atoms with Crippen molar-refractivity contribution in [1.82, 2.24) is 0 Å². The zero-order valence-electron chi connectivity index (χ0n) is 12.1. The molecule has 1 aromatic rings. The van der Waals surface area contributed by atoms with Crippen molar-refractivity contribution < 1.29 is 14.3 Å². The molecule has 1 heterocycles. The van der Waals surface area contributed by atoms with Gasteiger partial charge in [0.05, 0.1) is 12.2 Å². The first kappa shape index (κ1) is 13.6. The molecule has 1 aliphatic carbocycles. The first-order valence-electron chi connectivity index (χ1n) is 7.52. The predicted molar refractivity (Wildman–Crippen MR) is 77.2 cm³/mol. The van der Waals surface area contributed by atoms with Gasteiger partial charge in [-0.25, -0.2) is 0 Å². The first-order chi connectivity index (χ1) is 9.71. The largest absolute Gasteiger partial charge is 0.493 e. The average molecular weight is 274 g/mol. The molecule has 20 heavy (non-hydrogen) atoms. The molecule has 0 saturated heterocycles. The number of aryl methyl sites for hydroxylation is 1. The van der Waals surface area contributed by atoms with Gasteiger partial charge in [0.1, 0.15) is 11.5 Å². The van der Waals surface area contributed by atoms with Crippen LogP contribution in [0.1, 0.15) is 43.2 Å². The molecule has 0 amide bonds. The van der Waals surface area contributed by atoms with Crippen LogP contribution in [-0.4, -0.2) is 25.1 Å². The molecule has 3 heteroatoms. The molecule has 3 rings (SSSR count). The van der Waals surface area contributed by atoms with Crippen LogP contribution in [-0.2, 0) is 22.4 Å². The van der Waals surface area contributed by atoms with Gasteiger partial charge >= 0.3 is 0 Å². The second-order valence-corrected chi connectivity index (χ2v) is 6.00. The Morgan fingerprint density at radius 3 is 2.95 bits per heavy atom. The summed E-state index contributed by atoms with van der Waals surface area (Å²) < 4.78 is 11.0. The Morgan fingerprint density at radius 1 is 1.40 bits per heavy atom. The molecule has 1 fully saturated rings. The van der Waals surface area contributed by atoms with E-state index in [2.05, 4.69) is 12.1 Å². The van der Waals surface area contributed by atoms with Crippen molar-refractivity contribution in [2.45, 2.75) is 50.5 Å². The standard InChI is InChI=1S/C17H22O3/c1-19-17(8-2-9-17)12-15(18)5-3-13-4-6-16-14(11-13)7-10-20-16/h4,6,11H,2-3,5,7-10,12H2,1H3. The van der Waals surface area contributed by atoms with Crippen molar-refractivity contribution in [1.29, 1.82) is 0 Å². The van der Waals surface area contributed by atoms with Crippen molar-refractivity contribution in [3.63, 3.8) is 0 Å². The smallest absolute Gasteiger partial charge is 0.136 e. The zero-order chi connectivity index (χ0) is 14.0. The van der Waals surface area contributed by atoms with Gasteiger partial charge in [-0.05, 0) is 42.9 Å². The Kier molecular flexibility index (Phi) is 3.79. The lowest BCUT2D eigenvalue weighted by Crippen LogP contribution is -2.41. The molecule has 0 N–H and O–H groups in total. The third-order valence-corrected chi connectivity index (χ3v) is 4.66. The number of fused-ring (bicyclic) bond motifs is 1. The minimum absolute atomic E-state index is 0.136. The Bertz CT molecular complexity index is 497. The summed E-state index contributed by atoms with van der Waals surface area (Å²) >= 11 is 0. The SMILES string of the molecule is COC1(CC(=O)CCc2ccc3c(c2)CCO3)CCC1. The number of Topliss-reactive ketones (excluding diaryl/α,β-unsaturated/α-hetero) is 1. The maximum Gasteiger partial charge on any atom is 0.136 e. The number of hydrogen-bond donors (Lipinski definition) is 0. The van der Waals surface area contributed by atoms with Gasteiger partial charge in [-0.2, -0.15) is 0 Å². The molecule has 0 atom stereocenters. The van der Waals surface area contributed by atoms with Crippen molar-refractivity contribution in [3.05, 3.63) is 29.3 Å². The van der Waals surface area contributed by atoms with Crippen LogP contribution in [0, 0.1) is 0 Å². The highest BCUT2D eigenvalue weighted by Crippen LogP contribution is 2.38. The Balaban J connectivity index is 1.53. The Morgan fingerprint density at radius 2 is 2.25 bits per heavy atom. The molecule has 0 radical (unpaired) electrons. The number of carbonyl (C=O) groups excluding carboxylic acids is 1. The van der Waals surface area contributed by atoms with Crippen LogP contribution in [0.5, 0.6) is 5.75 Å². The molecule has 0 bridgehead atoms. The van der Waals surface area contributed by atoms with E-state index in [1.165, 1.54) is 17.5 Å². The first-order valence-corrected chi connectivity index (χ1v) is 7.52. The number of rotatable bonds is 6. The number of ether oxygens (including phenoxy) is 2. The van der Waals surface area contributed by atoms with Gasteiger partial charge in [-0.1, -0.05) is 12.1 Å². The quantitative estimate of drug-likeness (QED) is 0.799. The summed E-state index contributed by atoms with van der Waals surface area (Å²) in [6, 6.07) is 6.29.